The summed E-state index contributed by atoms with van der Waals surface area (Å²) in [4.78, 5) is 12.5. The first kappa shape index (κ1) is 8.78. The molecule has 0 aliphatic rings. The van der Waals surface area contributed by atoms with Crippen molar-refractivity contribution in [2.75, 3.05) is 19.0 Å². The maximum atomic E-state index is 10.4. The quantitative estimate of drug-likeness (QED) is 0.620. The molecule has 0 aliphatic carbocycles. The summed E-state index contributed by atoms with van der Waals surface area (Å²) in [5.74, 6) is 0. The molecule has 1 rings (SSSR count). The molecule has 12 heavy (non-hydrogen) atoms. The van der Waals surface area contributed by atoms with Gasteiger partial charge in [0.15, 0.2) is 0 Å². The lowest BCUT2D eigenvalue weighted by atomic mass is 10.1. The SMILES string of the molecule is Cc1cc(C=O)ccc1N(C)C. The summed E-state index contributed by atoms with van der Waals surface area (Å²) in [6.45, 7) is 2.00. The summed E-state index contributed by atoms with van der Waals surface area (Å²) < 4.78 is 0. The van der Waals surface area contributed by atoms with Crippen LogP contribution in [-0.2, 0) is 0 Å². The van der Waals surface area contributed by atoms with Crippen molar-refractivity contribution in [2.24, 2.45) is 0 Å². The van der Waals surface area contributed by atoms with Crippen LogP contribution in [0, 0.1) is 6.92 Å². The van der Waals surface area contributed by atoms with Crippen LogP contribution in [0.5, 0.6) is 0 Å². The van der Waals surface area contributed by atoms with Crippen molar-refractivity contribution >= 4 is 12.0 Å². The number of carbonyl (C=O) groups excluding carboxylic acids is 1. The Morgan fingerprint density at radius 2 is 2.00 bits per heavy atom. The maximum absolute atomic E-state index is 10.4. The number of hydrogen-bond acceptors (Lipinski definition) is 2. The molecular weight excluding hydrogens is 150 g/mol. The van der Waals surface area contributed by atoms with Gasteiger partial charge < -0.3 is 4.90 Å². The zero-order chi connectivity index (χ0) is 9.14. The number of anilines is 1. The van der Waals surface area contributed by atoms with Gasteiger partial charge in [-0.05, 0) is 30.7 Å². The summed E-state index contributed by atoms with van der Waals surface area (Å²) >= 11 is 0. The first-order valence-electron chi connectivity index (χ1n) is 3.88. The van der Waals surface area contributed by atoms with Gasteiger partial charge in [0.1, 0.15) is 6.29 Å². The van der Waals surface area contributed by atoms with Gasteiger partial charge in [-0.2, -0.15) is 0 Å². The number of carbonyl (C=O) groups is 1. The van der Waals surface area contributed by atoms with Gasteiger partial charge in [-0.3, -0.25) is 4.79 Å². The van der Waals surface area contributed by atoms with Gasteiger partial charge in [0.25, 0.3) is 0 Å². The van der Waals surface area contributed by atoms with E-state index >= 15 is 0 Å². The summed E-state index contributed by atoms with van der Waals surface area (Å²) in [6, 6.07) is 5.68. The molecule has 2 nitrogen and oxygen atoms in total. The average Bonchev–Trinajstić information content (AvgIpc) is 2.03. The van der Waals surface area contributed by atoms with Crippen molar-refractivity contribution in [2.45, 2.75) is 6.92 Å². The second-order valence-corrected chi connectivity index (χ2v) is 3.06. The molecule has 0 saturated carbocycles. The molecule has 0 bridgehead atoms. The zero-order valence-electron chi connectivity index (χ0n) is 7.66. The molecule has 0 unspecified atom stereocenters. The second kappa shape index (κ2) is 3.39. The predicted octanol–water partition coefficient (Wildman–Crippen LogP) is 1.87. The normalized spacial score (nSPS) is 9.58. The van der Waals surface area contributed by atoms with Crippen LogP contribution in [0.4, 0.5) is 5.69 Å². The van der Waals surface area contributed by atoms with Gasteiger partial charge in [-0.1, -0.05) is 0 Å². The van der Waals surface area contributed by atoms with Crippen molar-refractivity contribution in [3.63, 3.8) is 0 Å². The largest absolute Gasteiger partial charge is 0.377 e. The average molecular weight is 163 g/mol. The molecule has 0 spiro atoms. The molecule has 0 fully saturated rings. The van der Waals surface area contributed by atoms with E-state index in [0.29, 0.717) is 0 Å². The minimum absolute atomic E-state index is 0.734. The minimum atomic E-state index is 0.734. The maximum Gasteiger partial charge on any atom is 0.150 e. The third kappa shape index (κ3) is 1.64. The molecule has 1 aromatic rings. The van der Waals surface area contributed by atoms with Gasteiger partial charge >= 0.3 is 0 Å². The lowest BCUT2D eigenvalue weighted by Crippen LogP contribution is -2.10. The Labute approximate surface area is 72.8 Å². The number of rotatable bonds is 2. The first-order chi connectivity index (χ1) is 5.65. The van der Waals surface area contributed by atoms with Crippen LogP contribution in [0.15, 0.2) is 18.2 Å². The molecule has 0 aromatic heterocycles. The highest BCUT2D eigenvalue weighted by atomic mass is 16.1. The molecule has 1 aromatic carbocycles. The van der Waals surface area contributed by atoms with E-state index in [4.69, 9.17) is 0 Å². The van der Waals surface area contributed by atoms with E-state index in [-0.39, 0.29) is 0 Å². The van der Waals surface area contributed by atoms with Crippen molar-refractivity contribution in [3.05, 3.63) is 29.3 Å². The van der Waals surface area contributed by atoms with Gasteiger partial charge in [0.05, 0.1) is 0 Å². The Bertz CT molecular complexity index is 292. The summed E-state index contributed by atoms with van der Waals surface area (Å²) in [7, 11) is 3.98. The van der Waals surface area contributed by atoms with Crippen LogP contribution in [0.1, 0.15) is 15.9 Å². The zero-order valence-corrected chi connectivity index (χ0v) is 7.66. The molecular formula is C10H13NO. The fraction of sp³-hybridized carbons (Fsp3) is 0.300. The lowest BCUT2D eigenvalue weighted by molar-refractivity contribution is 0.112. The summed E-state index contributed by atoms with van der Waals surface area (Å²) in [5, 5.41) is 0. The van der Waals surface area contributed by atoms with Crippen LogP contribution >= 0.6 is 0 Å². The van der Waals surface area contributed by atoms with Crippen molar-refractivity contribution in [1.82, 2.24) is 0 Å². The van der Waals surface area contributed by atoms with E-state index in [2.05, 4.69) is 0 Å². The number of hydrogen-bond donors (Lipinski definition) is 0. The topological polar surface area (TPSA) is 20.3 Å². The fourth-order valence-corrected chi connectivity index (χ4v) is 1.25. The molecule has 64 valence electrons. The van der Waals surface area contributed by atoms with Crippen LogP contribution in [0.2, 0.25) is 0 Å². The number of aryl methyl sites for hydroxylation is 1. The van der Waals surface area contributed by atoms with E-state index in [1.54, 1.807) is 0 Å². The highest BCUT2D eigenvalue weighted by Gasteiger charge is 2.00. The smallest absolute Gasteiger partial charge is 0.150 e. The lowest BCUT2D eigenvalue weighted by Gasteiger charge is -2.15. The van der Waals surface area contributed by atoms with Crippen molar-refractivity contribution in [3.8, 4) is 0 Å². The van der Waals surface area contributed by atoms with Crippen LogP contribution < -0.4 is 4.90 Å². The molecule has 0 radical (unpaired) electrons. The molecule has 2 heteroatoms. The Hall–Kier alpha value is -1.31. The second-order valence-electron chi connectivity index (χ2n) is 3.06. The number of nitrogens with zero attached hydrogens (tertiary/aromatic N) is 1. The highest BCUT2D eigenvalue weighted by molar-refractivity contribution is 5.76. The highest BCUT2D eigenvalue weighted by Crippen LogP contribution is 2.17. The standard InChI is InChI=1S/C10H13NO/c1-8-6-9(7-12)4-5-10(8)11(2)3/h4-7H,1-3H3. The van der Waals surface area contributed by atoms with Crippen molar-refractivity contribution in [1.29, 1.82) is 0 Å². The summed E-state index contributed by atoms with van der Waals surface area (Å²) in [6.07, 6.45) is 0.868. The van der Waals surface area contributed by atoms with E-state index in [0.717, 1.165) is 23.1 Å². The van der Waals surface area contributed by atoms with Crippen LogP contribution in [-0.4, -0.2) is 20.4 Å². The van der Waals surface area contributed by atoms with Gasteiger partial charge in [0.2, 0.25) is 0 Å². The Kier molecular flexibility index (Phi) is 2.48. The molecule has 0 N–H and O–H groups in total. The Morgan fingerprint density at radius 1 is 1.33 bits per heavy atom. The van der Waals surface area contributed by atoms with Crippen molar-refractivity contribution < 1.29 is 4.79 Å². The fourth-order valence-electron chi connectivity index (χ4n) is 1.25. The van der Waals surface area contributed by atoms with Gasteiger partial charge in [-0.25, -0.2) is 0 Å². The molecule has 0 aliphatic heterocycles. The third-order valence-corrected chi connectivity index (χ3v) is 1.84. The number of aldehydes is 1. The van der Waals surface area contributed by atoms with E-state index in [1.807, 2.05) is 44.1 Å². The Balaban J connectivity index is 3.11. The van der Waals surface area contributed by atoms with Gasteiger partial charge in [-0.15, -0.1) is 0 Å². The van der Waals surface area contributed by atoms with E-state index < -0.39 is 0 Å². The molecule has 0 heterocycles. The molecule has 0 saturated heterocycles. The van der Waals surface area contributed by atoms with E-state index in [1.165, 1.54) is 0 Å². The minimum Gasteiger partial charge on any atom is -0.377 e. The monoisotopic (exact) mass is 163 g/mol. The van der Waals surface area contributed by atoms with Crippen LogP contribution in [0.25, 0.3) is 0 Å². The summed E-state index contributed by atoms with van der Waals surface area (Å²) in [5.41, 5.74) is 3.02. The Morgan fingerprint density at radius 3 is 2.42 bits per heavy atom. The molecule has 0 atom stereocenters. The number of benzene rings is 1. The third-order valence-electron chi connectivity index (χ3n) is 1.84. The van der Waals surface area contributed by atoms with Gasteiger partial charge in [0, 0.05) is 25.3 Å². The predicted molar refractivity (Wildman–Crippen MR) is 50.9 cm³/mol. The van der Waals surface area contributed by atoms with E-state index in [9.17, 15) is 4.79 Å². The first-order valence-corrected chi connectivity index (χ1v) is 3.88. The molecule has 0 amide bonds. The van der Waals surface area contributed by atoms with Crippen LogP contribution in [0.3, 0.4) is 0 Å².